The van der Waals surface area contributed by atoms with Gasteiger partial charge in [0.2, 0.25) is 0 Å². The maximum atomic E-state index is 11.3. The highest BCUT2D eigenvalue weighted by atomic mass is 35.5. The van der Waals surface area contributed by atoms with E-state index in [1.54, 1.807) is 0 Å². The van der Waals surface area contributed by atoms with E-state index in [1.165, 1.54) is 24.3 Å². The van der Waals surface area contributed by atoms with Gasteiger partial charge in [0.15, 0.2) is 0 Å². The summed E-state index contributed by atoms with van der Waals surface area (Å²) in [5, 5.41) is 0.462. The third-order valence-corrected chi connectivity index (χ3v) is 3.37. The van der Waals surface area contributed by atoms with E-state index in [2.05, 4.69) is 4.18 Å². The third-order valence-electron chi connectivity index (χ3n) is 1.84. The van der Waals surface area contributed by atoms with Crippen molar-refractivity contribution in [3.8, 4) is 0 Å². The van der Waals surface area contributed by atoms with Gasteiger partial charge in [0.25, 0.3) is 5.91 Å². The first-order valence-electron chi connectivity index (χ1n) is 3.99. The van der Waals surface area contributed by atoms with Crippen LogP contribution in [0.4, 0.5) is 5.69 Å². The Kier molecular flexibility index (Phi) is 2.41. The summed E-state index contributed by atoms with van der Waals surface area (Å²) in [7, 11) is -3.96. The minimum Gasteiger partial charge on any atom is -0.271 e. The van der Waals surface area contributed by atoms with Gasteiger partial charge in [0.1, 0.15) is 6.61 Å². The zero-order valence-electron chi connectivity index (χ0n) is 7.38. The lowest BCUT2D eigenvalue weighted by molar-refractivity contribution is -0.117. The number of anilines is 1. The van der Waals surface area contributed by atoms with Gasteiger partial charge < -0.3 is 0 Å². The number of amides is 1. The lowest BCUT2D eigenvalue weighted by Gasteiger charge is -2.11. The van der Waals surface area contributed by atoms with E-state index in [1.807, 2.05) is 0 Å². The molecule has 15 heavy (non-hydrogen) atoms. The molecular weight excluding hydrogens is 242 g/mol. The average Bonchev–Trinajstić information content (AvgIpc) is 2.43. The molecule has 1 heterocycles. The van der Waals surface area contributed by atoms with Crippen LogP contribution in [0, 0.1) is 0 Å². The molecule has 0 aromatic heterocycles. The minimum atomic E-state index is -3.96. The molecule has 5 nitrogen and oxygen atoms in total. The van der Waals surface area contributed by atoms with E-state index in [4.69, 9.17) is 11.6 Å². The monoisotopic (exact) mass is 247 g/mol. The lowest BCUT2D eigenvalue weighted by atomic mass is 10.3. The van der Waals surface area contributed by atoms with Gasteiger partial charge in [-0.25, -0.2) is 4.18 Å². The number of benzene rings is 1. The fourth-order valence-electron chi connectivity index (χ4n) is 1.21. The molecule has 0 aliphatic carbocycles. The largest absolute Gasteiger partial charge is 0.369 e. The van der Waals surface area contributed by atoms with Gasteiger partial charge in [0, 0.05) is 5.02 Å². The Balaban J connectivity index is 2.46. The number of halogens is 1. The summed E-state index contributed by atoms with van der Waals surface area (Å²) >= 11 is 5.64. The van der Waals surface area contributed by atoms with Crippen molar-refractivity contribution >= 4 is 33.5 Å². The minimum absolute atomic E-state index is 0.224. The molecule has 0 radical (unpaired) electrons. The Morgan fingerprint density at radius 3 is 2.33 bits per heavy atom. The first-order valence-corrected chi connectivity index (χ1v) is 5.73. The second-order valence-electron chi connectivity index (χ2n) is 2.85. The van der Waals surface area contributed by atoms with Crippen molar-refractivity contribution in [1.82, 2.24) is 0 Å². The van der Waals surface area contributed by atoms with Crippen LogP contribution >= 0.6 is 11.6 Å². The van der Waals surface area contributed by atoms with Gasteiger partial charge in [-0.3, -0.25) is 4.79 Å². The molecule has 1 aromatic rings. The lowest BCUT2D eigenvalue weighted by Crippen LogP contribution is -2.29. The predicted molar refractivity (Wildman–Crippen MR) is 53.8 cm³/mol. The predicted octanol–water partition coefficient (Wildman–Crippen LogP) is 0.948. The smallest absolute Gasteiger partial charge is 0.271 e. The molecule has 1 saturated heterocycles. The normalized spacial score (nSPS) is 19.5. The van der Waals surface area contributed by atoms with Crippen LogP contribution in [0.25, 0.3) is 0 Å². The molecule has 0 atom stereocenters. The van der Waals surface area contributed by atoms with Gasteiger partial charge in [0.05, 0.1) is 5.69 Å². The molecule has 1 aliphatic rings. The molecule has 0 bridgehead atoms. The second kappa shape index (κ2) is 3.48. The summed E-state index contributed by atoms with van der Waals surface area (Å²) in [5.41, 5.74) is 0.224. The SMILES string of the molecule is O=C1COS(=O)(=O)N1c1ccc(Cl)cc1. The first-order chi connectivity index (χ1) is 7.00. The number of hydrogen-bond acceptors (Lipinski definition) is 4. The molecule has 80 valence electrons. The van der Waals surface area contributed by atoms with Gasteiger partial charge >= 0.3 is 10.3 Å². The van der Waals surface area contributed by atoms with Crippen LogP contribution in [-0.4, -0.2) is 20.9 Å². The van der Waals surface area contributed by atoms with E-state index in [0.29, 0.717) is 9.33 Å². The Bertz CT molecular complexity index is 496. The molecule has 7 heteroatoms. The molecule has 1 fully saturated rings. The summed E-state index contributed by atoms with van der Waals surface area (Å²) in [4.78, 5) is 11.3. The Morgan fingerprint density at radius 2 is 1.87 bits per heavy atom. The summed E-state index contributed by atoms with van der Waals surface area (Å²) in [5.74, 6) is -0.614. The average molecular weight is 248 g/mol. The van der Waals surface area contributed by atoms with Crippen LogP contribution in [0.2, 0.25) is 5.02 Å². The van der Waals surface area contributed by atoms with Crippen molar-refractivity contribution in [2.24, 2.45) is 0 Å². The van der Waals surface area contributed by atoms with Crippen LogP contribution in [0.1, 0.15) is 0 Å². The summed E-state index contributed by atoms with van der Waals surface area (Å²) in [6.07, 6.45) is 0. The molecular formula is C8H6ClNO4S. The van der Waals surface area contributed by atoms with Gasteiger partial charge in [-0.1, -0.05) is 11.6 Å². The zero-order valence-corrected chi connectivity index (χ0v) is 8.96. The summed E-state index contributed by atoms with van der Waals surface area (Å²) in [6.45, 7) is -0.453. The van der Waals surface area contributed by atoms with E-state index in [-0.39, 0.29) is 5.69 Å². The topological polar surface area (TPSA) is 63.7 Å². The van der Waals surface area contributed by atoms with Crippen LogP contribution in [-0.2, 0) is 19.3 Å². The Hall–Kier alpha value is -1.11. The molecule has 2 rings (SSSR count). The number of nitrogens with zero attached hydrogens (tertiary/aromatic N) is 1. The molecule has 0 N–H and O–H groups in total. The quantitative estimate of drug-likeness (QED) is 0.741. The number of rotatable bonds is 1. The fraction of sp³-hybridized carbons (Fsp3) is 0.125. The molecule has 1 amide bonds. The highest BCUT2D eigenvalue weighted by molar-refractivity contribution is 7.89. The van der Waals surface area contributed by atoms with Crippen LogP contribution in [0.15, 0.2) is 24.3 Å². The highest BCUT2D eigenvalue weighted by Gasteiger charge is 2.37. The van der Waals surface area contributed by atoms with E-state index < -0.39 is 22.8 Å². The van der Waals surface area contributed by atoms with E-state index >= 15 is 0 Å². The Labute approximate surface area is 91.5 Å². The highest BCUT2D eigenvalue weighted by Crippen LogP contribution is 2.24. The van der Waals surface area contributed by atoms with Gasteiger partial charge in [-0.15, -0.1) is 0 Å². The second-order valence-corrected chi connectivity index (χ2v) is 4.75. The van der Waals surface area contributed by atoms with Crippen LogP contribution in [0.3, 0.4) is 0 Å². The maximum absolute atomic E-state index is 11.3. The van der Waals surface area contributed by atoms with Crippen LogP contribution < -0.4 is 4.31 Å². The first kappa shape index (κ1) is 10.4. The maximum Gasteiger partial charge on any atom is 0.369 e. The molecule has 1 aromatic carbocycles. The fourth-order valence-corrected chi connectivity index (χ4v) is 2.37. The molecule has 0 spiro atoms. The summed E-state index contributed by atoms with van der Waals surface area (Å²) < 4.78 is 27.6. The van der Waals surface area contributed by atoms with Gasteiger partial charge in [-0.2, -0.15) is 12.7 Å². The summed E-state index contributed by atoms with van der Waals surface area (Å²) in [6, 6.07) is 5.87. The molecule has 1 aliphatic heterocycles. The van der Waals surface area contributed by atoms with Crippen molar-refractivity contribution < 1.29 is 17.4 Å². The Morgan fingerprint density at radius 1 is 1.27 bits per heavy atom. The number of carbonyl (C=O) groups is 1. The van der Waals surface area contributed by atoms with Gasteiger partial charge in [-0.05, 0) is 24.3 Å². The zero-order chi connectivity index (χ0) is 11.1. The third kappa shape index (κ3) is 1.83. The standard InChI is InChI=1S/C8H6ClNO4S/c9-6-1-3-7(4-2-6)10-8(11)5-14-15(10,12)13/h1-4H,5H2. The molecule has 0 unspecified atom stereocenters. The van der Waals surface area contributed by atoms with E-state index in [0.717, 1.165) is 0 Å². The van der Waals surface area contributed by atoms with Crippen molar-refractivity contribution in [1.29, 1.82) is 0 Å². The number of hydrogen-bond donors (Lipinski definition) is 0. The van der Waals surface area contributed by atoms with Crippen molar-refractivity contribution in [2.75, 3.05) is 10.9 Å². The number of carbonyl (C=O) groups excluding carboxylic acids is 1. The van der Waals surface area contributed by atoms with Crippen molar-refractivity contribution in [3.05, 3.63) is 29.3 Å². The van der Waals surface area contributed by atoms with E-state index in [9.17, 15) is 13.2 Å². The molecule has 0 saturated carbocycles. The van der Waals surface area contributed by atoms with Crippen molar-refractivity contribution in [3.63, 3.8) is 0 Å². The van der Waals surface area contributed by atoms with Crippen LogP contribution in [0.5, 0.6) is 0 Å². The van der Waals surface area contributed by atoms with Crippen molar-refractivity contribution in [2.45, 2.75) is 0 Å².